The van der Waals surface area contributed by atoms with Crippen LogP contribution in [0.1, 0.15) is 18.1 Å². The van der Waals surface area contributed by atoms with Crippen molar-refractivity contribution in [3.05, 3.63) is 34.7 Å². The van der Waals surface area contributed by atoms with Crippen molar-refractivity contribution in [2.75, 3.05) is 0 Å². The third-order valence-corrected chi connectivity index (χ3v) is 3.26. The SMILES string of the molecule is CC(=O)Cc1csc2ccc(C)cc12. The molecule has 14 heavy (non-hydrogen) atoms. The first-order valence-electron chi connectivity index (χ1n) is 4.63. The van der Waals surface area contributed by atoms with Gasteiger partial charge in [-0.15, -0.1) is 11.3 Å². The number of fused-ring (bicyclic) bond motifs is 1. The number of Topliss-reactive ketones (excluding diaryl/α,β-unsaturated/α-hetero) is 1. The highest BCUT2D eigenvalue weighted by Gasteiger charge is 2.05. The monoisotopic (exact) mass is 204 g/mol. The van der Waals surface area contributed by atoms with E-state index in [1.807, 2.05) is 0 Å². The minimum atomic E-state index is 0.228. The quantitative estimate of drug-likeness (QED) is 0.733. The minimum Gasteiger partial charge on any atom is -0.300 e. The lowest BCUT2D eigenvalue weighted by Gasteiger charge is -1.97. The van der Waals surface area contributed by atoms with Gasteiger partial charge < -0.3 is 0 Å². The summed E-state index contributed by atoms with van der Waals surface area (Å²) in [5, 5.41) is 3.33. The van der Waals surface area contributed by atoms with Crippen molar-refractivity contribution in [1.82, 2.24) is 0 Å². The van der Waals surface area contributed by atoms with Crippen molar-refractivity contribution in [3.8, 4) is 0 Å². The number of ketones is 1. The summed E-state index contributed by atoms with van der Waals surface area (Å²) in [4.78, 5) is 11.0. The van der Waals surface area contributed by atoms with E-state index in [-0.39, 0.29) is 5.78 Å². The fourth-order valence-corrected chi connectivity index (χ4v) is 2.54. The predicted octanol–water partition coefficient (Wildman–Crippen LogP) is 3.34. The molecule has 0 radical (unpaired) electrons. The molecular weight excluding hydrogens is 192 g/mol. The average molecular weight is 204 g/mol. The van der Waals surface area contributed by atoms with Crippen LogP contribution in [0.4, 0.5) is 0 Å². The Labute approximate surface area is 87.4 Å². The molecule has 1 nitrogen and oxygen atoms in total. The van der Waals surface area contributed by atoms with Crippen molar-refractivity contribution >= 4 is 27.2 Å². The Morgan fingerprint density at radius 1 is 1.43 bits per heavy atom. The van der Waals surface area contributed by atoms with E-state index in [2.05, 4.69) is 30.5 Å². The van der Waals surface area contributed by atoms with Crippen LogP contribution in [-0.2, 0) is 11.2 Å². The number of thiophene rings is 1. The maximum Gasteiger partial charge on any atom is 0.134 e. The van der Waals surface area contributed by atoms with Crippen molar-refractivity contribution in [1.29, 1.82) is 0 Å². The van der Waals surface area contributed by atoms with Crippen LogP contribution < -0.4 is 0 Å². The number of rotatable bonds is 2. The number of aryl methyl sites for hydroxylation is 1. The molecule has 0 aliphatic heterocycles. The molecule has 0 unspecified atom stereocenters. The van der Waals surface area contributed by atoms with Gasteiger partial charge in [-0.05, 0) is 36.2 Å². The molecular formula is C12H12OS. The highest BCUT2D eigenvalue weighted by molar-refractivity contribution is 7.17. The van der Waals surface area contributed by atoms with E-state index in [9.17, 15) is 4.79 Å². The van der Waals surface area contributed by atoms with Gasteiger partial charge in [0.2, 0.25) is 0 Å². The molecule has 0 spiro atoms. The van der Waals surface area contributed by atoms with E-state index in [1.165, 1.54) is 21.2 Å². The van der Waals surface area contributed by atoms with Crippen LogP contribution in [-0.4, -0.2) is 5.78 Å². The Balaban J connectivity index is 2.55. The van der Waals surface area contributed by atoms with Gasteiger partial charge in [0.15, 0.2) is 0 Å². The Hall–Kier alpha value is -1.15. The minimum absolute atomic E-state index is 0.228. The normalized spacial score (nSPS) is 10.7. The van der Waals surface area contributed by atoms with Gasteiger partial charge in [-0.25, -0.2) is 0 Å². The molecule has 0 saturated carbocycles. The molecule has 0 atom stereocenters. The number of benzene rings is 1. The third kappa shape index (κ3) is 1.70. The molecule has 0 fully saturated rings. The van der Waals surface area contributed by atoms with Crippen LogP contribution in [0, 0.1) is 6.92 Å². The van der Waals surface area contributed by atoms with Gasteiger partial charge >= 0.3 is 0 Å². The zero-order chi connectivity index (χ0) is 10.1. The molecule has 0 aliphatic carbocycles. The highest BCUT2D eigenvalue weighted by atomic mass is 32.1. The van der Waals surface area contributed by atoms with Gasteiger partial charge in [0.05, 0.1) is 0 Å². The molecule has 0 bridgehead atoms. The fourth-order valence-electron chi connectivity index (χ4n) is 1.60. The predicted molar refractivity (Wildman–Crippen MR) is 60.9 cm³/mol. The first-order valence-corrected chi connectivity index (χ1v) is 5.51. The molecule has 0 saturated heterocycles. The smallest absolute Gasteiger partial charge is 0.134 e. The molecule has 1 aromatic heterocycles. The van der Waals surface area contributed by atoms with Crippen molar-refractivity contribution in [2.45, 2.75) is 20.3 Å². The Morgan fingerprint density at radius 2 is 2.21 bits per heavy atom. The van der Waals surface area contributed by atoms with E-state index in [1.54, 1.807) is 18.3 Å². The topological polar surface area (TPSA) is 17.1 Å². The summed E-state index contributed by atoms with van der Waals surface area (Å²) in [5.74, 6) is 0.228. The summed E-state index contributed by atoms with van der Waals surface area (Å²) < 4.78 is 1.27. The fraction of sp³-hybridized carbons (Fsp3) is 0.250. The largest absolute Gasteiger partial charge is 0.300 e. The van der Waals surface area contributed by atoms with E-state index < -0.39 is 0 Å². The highest BCUT2D eigenvalue weighted by Crippen LogP contribution is 2.27. The maximum absolute atomic E-state index is 11.0. The zero-order valence-electron chi connectivity index (χ0n) is 8.33. The summed E-state index contributed by atoms with van der Waals surface area (Å²) >= 11 is 1.71. The maximum atomic E-state index is 11.0. The molecule has 2 rings (SSSR count). The molecule has 0 amide bonds. The van der Waals surface area contributed by atoms with E-state index in [0.717, 1.165) is 0 Å². The van der Waals surface area contributed by atoms with Crippen LogP contribution in [0.3, 0.4) is 0 Å². The van der Waals surface area contributed by atoms with Crippen LogP contribution in [0.25, 0.3) is 10.1 Å². The molecule has 0 N–H and O–H groups in total. The number of carbonyl (C=O) groups is 1. The zero-order valence-corrected chi connectivity index (χ0v) is 9.15. The van der Waals surface area contributed by atoms with E-state index in [4.69, 9.17) is 0 Å². The van der Waals surface area contributed by atoms with Crippen LogP contribution in [0.2, 0.25) is 0 Å². The summed E-state index contributed by atoms with van der Waals surface area (Å²) in [6.07, 6.45) is 0.559. The second-order valence-electron chi connectivity index (χ2n) is 3.64. The third-order valence-electron chi connectivity index (χ3n) is 2.25. The van der Waals surface area contributed by atoms with Crippen LogP contribution >= 0.6 is 11.3 Å². The Morgan fingerprint density at radius 3 is 2.93 bits per heavy atom. The number of hydrogen-bond donors (Lipinski definition) is 0. The molecule has 1 heterocycles. The van der Waals surface area contributed by atoms with Crippen LogP contribution in [0.5, 0.6) is 0 Å². The number of carbonyl (C=O) groups excluding carboxylic acids is 1. The van der Waals surface area contributed by atoms with E-state index >= 15 is 0 Å². The summed E-state index contributed by atoms with van der Waals surface area (Å²) in [7, 11) is 0. The molecule has 1 aromatic carbocycles. The lowest BCUT2D eigenvalue weighted by atomic mass is 10.1. The van der Waals surface area contributed by atoms with Gasteiger partial charge in [-0.2, -0.15) is 0 Å². The number of hydrogen-bond acceptors (Lipinski definition) is 2. The molecule has 2 aromatic rings. The lowest BCUT2D eigenvalue weighted by molar-refractivity contribution is -0.116. The molecule has 72 valence electrons. The van der Waals surface area contributed by atoms with E-state index in [0.29, 0.717) is 6.42 Å². The van der Waals surface area contributed by atoms with Crippen molar-refractivity contribution in [3.63, 3.8) is 0 Å². The summed E-state index contributed by atoms with van der Waals surface area (Å²) in [6.45, 7) is 3.72. The first kappa shape index (κ1) is 9.41. The molecule has 0 aliphatic rings. The second-order valence-corrected chi connectivity index (χ2v) is 4.55. The van der Waals surface area contributed by atoms with Crippen molar-refractivity contribution < 1.29 is 4.79 Å². The van der Waals surface area contributed by atoms with Gasteiger partial charge in [-0.1, -0.05) is 17.7 Å². The van der Waals surface area contributed by atoms with Gasteiger partial charge in [-0.3, -0.25) is 4.79 Å². The standard InChI is InChI=1S/C12H12OS/c1-8-3-4-12-11(5-8)10(7-14-12)6-9(2)13/h3-5,7H,6H2,1-2H3. The van der Waals surface area contributed by atoms with Gasteiger partial charge in [0.1, 0.15) is 5.78 Å². The Bertz CT molecular complexity index is 482. The van der Waals surface area contributed by atoms with Gasteiger partial charge in [0, 0.05) is 11.1 Å². The average Bonchev–Trinajstić information content (AvgIpc) is 2.47. The second kappa shape index (κ2) is 3.54. The van der Waals surface area contributed by atoms with Gasteiger partial charge in [0.25, 0.3) is 0 Å². The molecule has 2 heteroatoms. The lowest BCUT2D eigenvalue weighted by Crippen LogP contribution is -1.94. The van der Waals surface area contributed by atoms with Crippen molar-refractivity contribution in [2.24, 2.45) is 0 Å². The van der Waals surface area contributed by atoms with Crippen LogP contribution in [0.15, 0.2) is 23.6 Å². The Kier molecular flexibility index (Phi) is 2.38. The summed E-state index contributed by atoms with van der Waals surface area (Å²) in [6, 6.07) is 6.39. The first-order chi connectivity index (χ1) is 6.66. The summed E-state index contributed by atoms with van der Waals surface area (Å²) in [5.41, 5.74) is 2.42.